The summed E-state index contributed by atoms with van der Waals surface area (Å²) in [6, 6.07) is 5.05. The van der Waals surface area contributed by atoms with Crippen LogP contribution in [-0.4, -0.2) is 10.8 Å². The van der Waals surface area contributed by atoms with Crippen LogP contribution in [0.3, 0.4) is 0 Å². The lowest BCUT2D eigenvalue weighted by atomic mass is 10.1. The SMILES string of the molecule is C=C(Nc1ncccc1C(C)=O)c1cc(C(F)(F)F)ccc1F. The Labute approximate surface area is 129 Å². The Morgan fingerprint density at radius 3 is 2.52 bits per heavy atom. The fraction of sp³-hybridized carbons (Fsp3) is 0.125. The molecule has 0 fully saturated rings. The van der Waals surface area contributed by atoms with Crippen LogP contribution in [0.1, 0.15) is 28.4 Å². The van der Waals surface area contributed by atoms with E-state index in [1.54, 1.807) is 0 Å². The number of halogens is 4. The second-order valence-electron chi connectivity index (χ2n) is 4.75. The lowest BCUT2D eigenvalue weighted by Crippen LogP contribution is -2.09. The maximum atomic E-state index is 13.8. The van der Waals surface area contributed by atoms with Gasteiger partial charge in [-0.1, -0.05) is 6.58 Å². The molecule has 1 aromatic carbocycles. The molecule has 2 aromatic rings. The smallest absolute Gasteiger partial charge is 0.340 e. The standard InChI is InChI=1S/C16H12F4N2O/c1-9(22-15-12(10(2)23)4-3-7-21-15)13-8-11(16(18,19)20)5-6-14(13)17/h3-8H,1H2,2H3,(H,21,22). The molecule has 0 bridgehead atoms. The summed E-state index contributed by atoms with van der Waals surface area (Å²) in [6.45, 7) is 4.85. The number of rotatable bonds is 4. The van der Waals surface area contributed by atoms with E-state index in [0.717, 1.165) is 6.07 Å². The van der Waals surface area contributed by atoms with E-state index in [1.807, 2.05) is 0 Å². The third kappa shape index (κ3) is 3.74. The van der Waals surface area contributed by atoms with Gasteiger partial charge in [0.05, 0.1) is 11.1 Å². The summed E-state index contributed by atoms with van der Waals surface area (Å²) in [5.41, 5.74) is -1.25. The van der Waals surface area contributed by atoms with Gasteiger partial charge in [-0.25, -0.2) is 9.37 Å². The van der Waals surface area contributed by atoms with Crippen molar-refractivity contribution in [3.8, 4) is 0 Å². The number of carbonyl (C=O) groups excluding carboxylic acids is 1. The minimum atomic E-state index is -4.60. The van der Waals surface area contributed by atoms with Crippen molar-refractivity contribution in [2.75, 3.05) is 5.32 Å². The van der Waals surface area contributed by atoms with Gasteiger partial charge in [0.25, 0.3) is 0 Å². The van der Waals surface area contributed by atoms with Crippen molar-refractivity contribution in [2.45, 2.75) is 13.1 Å². The zero-order chi connectivity index (χ0) is 17.2. The molecule has 23 heavy (non-hydrogen) atoms. The molecule has 120 valence electrons. The lowest BCUT2D eigenvalue weighted by Gasteiger charge is -2.14. The number of pyridine rings is 1. The van der Waals surface area contributed by atoms with Gasteiger partial charge in [-0.2, -0.15) is 13.2 Å². The van der Waals surface area contributed by atoms with Crippen molar-refractivity contribution in [3.05, 3.63) is 65.6 Å². The van der Waals surface area contributed by atoms with Gasteiger partial charge in [0, 0.05) is 17.5 Å². The summed E-state index contributed by atoms with van der Waals surface area (Å²) in [6.07, 6.45) is -3.21. The number of alkyl halides is 3. The highest BCUT2D eigenvalue weighted by Crippen LogP contribution is 2.32. The summed E-state index contributed by atoms with van der Waals surface area (Å²) in [7, 11) is 0. The molecule has 2 rings (SSSR count). The predicted molar refractivity (Wildman–Crippen MR) is 78.3 cm³/mol. The van der Waals surface area contributed by atoms with Crippen LogP contribution in [0.2, 0.25) is 0 Å². The lowest BCUT2D eigenvalue weighted by molar-refractivity contribution is -0.137. The number of ketones is 1. The molecule has 1 N–H and O–H groups in total. The number of aromatic nitrogens is 1. The first-order valence-electron chi connectivity index (χ1n) is 6.49. The number of Topliss-reactive ketones (excluding diaryl/α,β-unsaturated/α-hetero) is 1. The fourth-order valence-electron chi connectivity index (χ4n) is 1.93. The quantitative estimate of drug-likeness (QED) is 0.664. The van der Waals surface area contributed by atoms with Crippen LogP contribution in [-0.2, 0) is 6.18 Å². The Kier molecular flexibility index (Phi) is 4.49. The normalized spacial score (nSPS) is 11.2. The van der Waals surface area contributed by atoms with E-state index in [1.165, 1.54) is 25.3 Å². The summed E-state index contributed by atoms with van der Waals surface area (Å²) in [5, 5.41) is 2.59. The van der Waals surface area contributed by atoms with Crippen LogP contribution in [0.15, 0.2) is 43.1 Å². The predicted octanol–water partition coefficient (Wildman–Crippen LogP) is 4.52. The van der Waals surface area contributed by atoms with Crippen LogP contribution in [0.5, 0.6) is 0 Å². The molecule has 0 aliphatic heterocycles. The monoisotopic (exact) mass is 324 g/mol. The Morgan fingerprint density at radius 1 is 1.22 bits per heavy atom. The first-order chi connectivity index (χ1) is 10.7. The third-order valence-corrected chi connectivity index (χ3v) is 3.08. The number of anilines is 1. The first-order valence-corrected chi connectivity index (χ1v) is 6.49. The van der Waals surface area contributed by atoms with Gasteiger partial charge < -0.3 is 5.32 Å². The van der Waals surface area contributed by atoms with Gasteiger partial charge >= 0.3 is 6.18 Å². The highest BCUT2D eigenvalue weighted by Gasteiger charge is 2.31. The van der Waals surface area contributed by atoms with Crippen molar-refractivity contribution in [1.82, 2.24) is 4.98 Å². The molecule has 3 nitrogen and oxygen atoms in total. The number of nitrogens with one attached hydrogen (secondary N) is 1. The van der Waals surface area contributed by atoms with Gasteiger partial charge in [0.1, 0.15) is 11.6 Å². The topological polar surface area (TPSA) is 42.0 Å². The van der Waals surface area contributed by atoms with Crippen LogP contribution in [0.4, 0.5) is 23.4 Å². The van der Waals surface area contributed by atoms with E-state index in [9.17, 15) is 22.4 Å². The van der Waals surface area contributed by atoms with Crippen LogP contribution >= 0.6 is 0 Å². The zero-order valence-electron chi connectivity index (χ0n) is 12.0. The maximum Gasteiger partial charge on any atom is 0.416 e. The van der Waals surface area contributed by atoms with Crippen LogP contribution in [0, 0.1) is 5.82 Å². The molecule has 0 amide bonds. The number of benzene rings is 1. The molecule has 0 aliphatic carbocycles. The number of hydrogen-bond donors (Lipinski definition) is 1. The molecule has 1 aromatic heterocycles. The number of carbonyl (C=O) groups is 1. The highest BCUT2D eigenvalue weighted by atomic mass is 19.4. The molecule has 0 saturated carbocycles. The molecule has 1 heterocycles. The van der Waals surface area contributed by atoms with Crippen LogP contribution < -0.4 is 5.32 Å². The molecule has 0 unspecified atom stereocenters. The molecule has 0 atom stereocenters. The Bertz CT molecular complexity index is 769. The Morgan fingerprint density at radius 2 is 1.91 bits per heavy atom. The fourth-order valence-corrected chi connectivity index (χ4v) is 1.93. The van der Waals surface area contributed by atoms with E-state index in [2.05, 4.69) is 16.9 Å². The van der Waals surface area contributed by atoms with E-state index < -0.39 is 17.6 Å². The van der Waals surface area contributed by atoms with Crippen molar-refractivity contribution in [3.63, 3.8) is 0 Å². The summed E-state index contributed by atoms with van der Waals surface area (Å²) >= 11 is 0. The molecule has 0 aliphatic rings. The van der Waals surface area contributed by atoms with E-state index >= 15 is 0 Å². The van der Waals surface area contributed by atoms with Crippen LogP contribution in [0.25, 0.3) is 5.70 Å². The van der Waals surface area contributed by atoms with Crippen molar-refractivity contribution >= 4 is 17.3 Å². The molecular formula is C16H12F4N2O. The van der Waals surface area contributed by atoms with Gasteiger partial charge in [-0.3, -0.25) is 4.79 Å². The van der Waals surface area contributed by atoms with E-state index in [-0.39, 0.29) is 28.4 Å². The third-order valence-electron chi connectivity index (χ3n) is 3.08. The molecular weight excluding hydrogens is 312 g/mol. The molecule has 0 radical (unpaired) electrons. The average molecular weight is 324 g/mol. The van der Waals surface area contributed by atoms with Crippen molar-refractivity contribution < 1.29 is 22.4 Å². The van der Waals surface area contributed by atoms with E-state index in [4.69, 9.17) is 0 Å². The number of nitrogens with zero attached hydrogens (tertiary/aromatic N) is 1. The van der Waals surface area contributed by atoms with Crippen molar-refractivity contribution in [1.29, 1.82) is 0 Å². The summed E-state index contributed by atoms with van der Waals surface area (Å²) < 4.78 is 52.0. The highest BCUT2D eigenvalue weighted by molar-refractivity contribution is 5.99. The first kappa shape index (κ1) is 16.7. The molecule has 0 spiro atoms. The second kappa shape index (κ2) is 6.20. The van der Waals surface area contributed by atoms with Gasteiger partial charge in [-0.05, 0) is 37.3 Å². The summed E-state index contributed by atoms with van der Waals surface area (Å²) in [5.74, 6) is -1.06. The largest absolute Gasteiger partial charge is 0.416 e. The average Bonchev–Trinajstić information content (AvgIpc) is 2.46. The second-order valence-corrected chi connectivity index (χ2v) is 4.75. The van der Waals surface area contributed by atoms with Crippen molar-refractivity contribution in [2.24, 2.45) is 0 Å². The Hall–Kier alpha value is -2.70. The minimum absolute atomic E-state index is 0.0989. The van der Waals surface area contributed by atoms with Gasteiger partial charge in [-0.15, -0.1) is 0 Å². The van der Waals surface area contributed by atoms with E-state index in [0.29, 0.717) is 12.1 Å². The van der Waals surface area contributed by atoms with Gasteiger partial charge in [0.15, 0.2) is 5.78 Å². The molecule has 7 heteroatoms. The molecule has 0 saturated heterocycles. The summed E-state index contributed by atoms with van der Waals surface area (Å²) in [4.78, 5) is 15.4. The van der Waals surface area contributed by atoms with Gasteiger partial charge in [0.2, 0.25) is 0 Å². The maximum absolute atomic E-state index is 13.8. The Balaban J connectivity index is 2.37. The zero-order valence-corrected chi connectivity index (χ0v) is 12.0. The minimum Gasteiger partial charge on any atom is -0.340 e. The number of hydrogen-bond acceptors (Lipinski definition) is 3.